The molecule has 4 rings (SSSR count). The van der Waals surface area contributed by atoms with Crippen LogP contribution in [0, 0.1) is 0 Å². The normalized spacial score (nSPS) is 11.7. The molecule has 0 saturated carbocycles. The van der Waals surface area contributed by atoms with E-state index in [1.165, 1.54) is 0 Å². The largest absolute Gasteiger partial charge is 0.497 e. The Morgan fingerprint density at radius 2 is 1.73 bits per heavy atom. The molecule has 0 amide bonds. The Hall–Kier alpha value is -3.34. The first kappa shape index (κ1) is 24.3. The second-order valence-corrected chi connectivity index (χ2v) is 7.35. The summed E-state index contributed by atoms with van der Waals surface area (Å²) in [6.45, 7) is -0.204. The lowest BCUT2D eigenvalue weighted by molar-refractivity contribution is 0.102. The van der Waals surface area contributed by atoms with E-state index in [2.05, 4.69) is 10.1 Å². The molecule has 0 fully saturated rings. The highest BCUT2D eigenvalue weighted by molar-refractivity contribution is 7.59. The molecule has 0 aliphatic carbocycles. The molecule has 9 nitrogen and oxygen atoms in total. The highest BCUT2D eigenvalue weighted by Gasteiger charge is 2.17. The number of hydrogen-bond donors (Lipinski definition) is 2. The Bertz CT molecular complexity index is 1210. The zero-order valence-electron chi connectivity index (χ0n) is 18.6. The van der Waals surface area contributed by atoms with Crippen LogP contribution < -0.4 is 14.4 Å². The van der Waals surface area contributed by atoms with Gasteiger partial charge in [0.05, 0.1) is 62.6 Å². The second-order valence-electron chi connectivity index (χ2n) is 7.35. The van der Waals surface area contributed by atoms with E-state index < -0.39 is 6.10 Å². The van der Waals surface area contributed by atoms with Crippen molar-refractivity contribution in [3.05, 3.63) is 55.0 Å². The number of benzene rings is 2. The summed E-state index contributed by atoms with van der Waals surface area (Å²) in [5.41, 5.74) is 4.54. The van der Waals surface area contributed by atoms with E-state index in [1.807, 2.05) is 48.5 Å². The molecular formula is C23H27N5O4S. The van der Waals surface area contributed by atoms with Crippen molar-refractivity contribution < 1.29 is 19.7 Å². The number of aliphatic hydroxyl groups is 2. The van der Waals surface area contributed by atoms with E-state index in [9.17, 15) is 10.2 Å². The van der Waals surface area contributed by atoms with E-state index in [-0.39, 0.29) is 26.6 Å². The molecule has 0 aliphatic rings. The number of hydrogen-bond acceptors (Lipinski definition) is 8. The Kier molecular flexibility index (Phi) is 7.75. The standard InChI is InChI=1S/C23H25N5O4.H2S/c1-27-12-15(10-25-27)23-11-24-21-5-4-16(8-22(21)26-23)28(13-18(30)14-29)17-6-19(31-2)9-20(7-17)32-3;/h4-12,18,29-30H,13-14H2,1-3H3;1H2/t18-;/m0./s1. The predicted molar refractivity (Wildman–Crippen MR) is 132 cm³/mol. The summed E-state index contributed by atoms with van der Waals surface area (Å²) in [4.78, 5) is 11.2. The fourth-order valence-electron chi connectivity index (χ4n) is 3.44. The number of ether oxygens (including phenoxy) is 2. The van der Waals surface area contributed by atoms with E-state index in [4.69, 9.17) is 14.5 Å². The summed E-state index contributed by atoms with van der Waals surface area (Å²) in [5.74, 6) is 1.23. The topological polar surface area (TPSA) is 106 Å². The zero-order chi connectivity index (χ0) is 22.7. The van der Waals surface area contributed by atoms with E-state index in [0.29, 0.717) is 22.7 Å². The van der Waals surface area contributed by atoms with Gasteiger partial charge in [-0.1, -0.05) is 0 Å². The lowest BCUT2D eigenvalue weighted by Crippen LogP contribution is -2.31. The third-order valence-electron chi connectivity index (χ3n) is 5.09. The Morgan fingerprint density at radius 1 is 1.00 bits per heavy atom. The van der Waals surface area contributed by atoms with Crippen molar-refractivity contribution in [3.8, 4) is 22.8 Å². The molecule has 2 aromatic carbocycles. The van der Waals surface area contributed by atoms with Crippen molar-refractivity contribution in [1.29, 1.82) is 0 Å². The van der Waals surface area contributed by atoms with Crippen LogP contribution in [0.1, 0.15) is 0 Å². The smallest absolute Gasteiger partial charge is 0.124 e. The van der Waals surface area contributed by atoms with Crippen LogP contribution in [0.25, 0.3) is 22.3 Å². The number of methoxy groups -OCH3 is 2. The second kappa shape index (κ2) is 10.5. The maximum atomic E-state index is 10.2. The molecule has 2 heterocycles. The molecule has 33 heavy (non-hydrogen) atoms. The first-order chi connectivity index (χ1) is 15.5. The minimum atomic E-state index is -0.948. The number of fused-ring (bicyclic) bond motifs is 1. The highest BCUT2D eigenvalue weighted by Crippen LogP contribution is 2.34. The quantitative estimate of drug-likeness (QED) is 0.406. The minimum Gasteiger partial charge on any atom is -0.497 e. The molecular weight excluding hydrogens is 442 g/mol. The molecule has 2 N–H and O–H groups in total. The van der Waals surface area contributed by atoms with Crippen LogP contribution in [0.2, 0.25) is 0 Å². The molecule has 174 valence electrons. The van der Waals surface area contributed by atoms with Crippen LogP contribution in [0.3, 0.4) is 0 Å². The molecule has 10 heteroatoms. The van der Waals surface area contributed by atoms with Gasteiger partial charge in [-0.2, -0.15) is 18.6 Å². The van der Waals surface area contributed by atoms with Crippen molar-refractivity contribution in [2.24, 2.45) is 7.05 Å². The van der Waals surface area contributed by atoms with Gasteiger partial charge in [-0.05, 0) is 18.2 Å². The maximum Gasteiger partial charge on any atom is 0.124 e. The lowest BCUT2D eigenvalue weighted by atomic mass is 10.1. The fraction of sp³-hybridized carbons (Fsp3) is 0.261. The van der Waals surface area contributed by atoms with Gasteiger partial charge in [-0.15, -0.1) is 0 Å². The summed E-state index contributed by atoms with van der Waals surface area (Å²) in [5, 5.41) is 23.9. The first-order valence-corrected chi connectivity index (χ1v) is 10.1. The Balaban J connectivity index is 0.00000306. The summed E-state index contributed by atoms with van der Waals surface area (Å²) in [6, 6.07) is 11.1. The van der Waals surface area contributed by atoms with Gasteiger partial charge in [0.1, 0.15) is 11.5 Å². The van der Waals surface area contributed by atoms with Crippen LogP contribution in [0.5, 0.6) is 11.5 Å². The molecule has 4 aromatic rings. The minimum absolute atomic E-state index is 0. The first-order valence-electron chi connectivity index (χ1n) is 10.1. The SMILES string of the molecule is COc1cc(OC)cc(N(C[C@H](O)CO)c2ccc3ncc(-c4cnn(C)c4)nc3c2)c1.S. The number of nitrogens with zero attached hydrogens (tertiary/aromatic N) is 5. The number of anilines is 2. The van der Waals surface area contributed by atoms with Gasteiger partial charge in [0.25, 0.3) is 0 Å². The van der Waals surface area contributed by atoms with Crippen LogP contribution >= 0.6 is 13.5 Å². The summed E-state index contributed by atoms with van der Waals surface area (Å²) in [6.07, 6.45) is 4.40. The fourth-order valence-corrected chi connectivity index (χ4v) is 3.44. The van der Waals surface area contributed by atoms with Gasteiger partial charge in [0.15, 0.2) is 0 Å². The number of aryl methyl sites for hydroxylation is 1. The number of rotatable bonds is 8. The molecule has 2 aromatic heterocycles. The number of aromatic nitrogens is 4. The summed E-state index contributed by atoms with van der Waals surface area (Å²) >= 11 is 0. The van der Waals surface area contributed by atoms with Gasteiger partial charge in [-0.3, -0.25) is 9.67 Å². The Morgan fingerprint density at radius 3 is 2.33 bits per heavy atom. The molecule has 1 atom stereocenters. The van der Waals surface area contributed by atoms with Crippen LogP contribution in [0.4, 0.5) is 11.4 Å². The van der Waals surface area contributed by atoms with Crippen molar-refractivity contribution in [2.45, 2.75) is 6.10 Å². The van der Waals surface area contributed by atoms with Crippen molar-refractivity contribution >= 4 is 35.9 Å². The number of aliphatic hydroxyl groups excluding tert-OH is 2. The molecule has 0 spiro atoms. The van der Waals surface area contributed by atoms with Crippen LogP contribution in [-0.2, 0) is 7.05 Å². The molecule has 0 saturated heterocycles. The maximum absolute atomic E-state index is 10.2. The summed E-state index contributed by atoms with van der Waals surface area (Å²) < 4.78 is 12.5. The van der Waals surface area contributed by atoms with Crippen LogP contribution in [0.15, 0.2) is 55.0 Å². The zero-order valence-corrected chi connectivity index (χ0v) is 19.6. The third-order valence-corrected chi connectivity index (χ3v) is 5.09. The highest BCUT2D eigenvalue weighted by atomic mass is 32.1. The van der Waals surface area contributed by atoms with Gasteiger partial charge in [0.2, 0.25) is 0 Å². The van der Waals surface area contributed by atoms with Gasteiger partial charge < -0.3 is 24.6 Å². The third kappa shape index (κ3) is 5.36. The van der Waals surface area contributed by atoms with Gasteiger partial charge in [-0.25, -0.2) is 4.98 Å². The molecule has 0 aliphatic heterocycles. The van der Waals surface area contributed by atoms with Gasteiger partial charge in [0, 0.05) is 48.4 Å². The van der Waals surface area contributed by atoms with Crippen molar-refractivity contribution in [3.63, 3.8) is 0 Å². The lowest BCUT2D eigenvalue weighted by Gasteiger charge is -2.28. The van der Waals surface area contributed by atoms with Gasteiger partial charge >= 0.3 is 0 Å². The summed E-state index contributed by atoms with van der Waals surface area (Å²) in [7, 11) is 5.01. The van der Waals surface area contributed by atoms with E-state index in [1.54, 1.807) is 37.4 Å². The molecule has 0 radical (unpaired) electrons. The molecule has 0 bridgehead atoms. The van der Waals surface area contributed by atoms with E-state index in [0.717, 1.165) is 22.5 Å². The van der Waals surface area contributed by atoms with Crippen LogP contribution in [-0.4, -0.2) is 63.4 Å². The van der Waals surface area contributed by atoms with Crippen molar-refractivity contribution in [2.75, 3.05) is 32.3 Å². The Labute approximate surface area is 198 Å². The predicted octanol–water partition coefficient (Wildman–Crippen LogP) is 2.65. The average Bonchev–Trinajstić information content (AvgIpc) is 3.27. The molecule has 0 unspecified atom stereocenters. The monoisotopic (exact) mass is 469 g/mol. The van der Waals surface area contributed by atoms with E-state index >= 15 is 0 Å². The van der Waals surface area contributed by atoms with Crippen molar-refractivity contribution in [1.82, 2.24) is 19.7 Å². The average molecular weight is 470 g/mol.